The van der Waals surface area contributed by atoms with Crippen LogP contribution in [0, 0.1) is 0 Å². The molecular weight excluding hydrogens is 266 g/mol. The van der Waals surface area contributed by atoms with Crippen LogP contribution in [-0.4, -0.2) is 12.1 Å². The van der Waals surface area contributed by atoms with Gasteiger partial charge < -0.3 is 10.5 Å². The number of nitrogens with two attached hydrogens (primary N) is 1. The molecule has 0 atom stereocenters. The fourth-order valence-electron chi connectivity index (χ4n) is 2.27. The van der Waals surface area contributed by atoms with Crippen molar-refractivity contribution in [3.63, 3.8) is 0 Å². The second-order valence-corrected chi connectivity index (χ2v) is 5.33. The van der Waals surface area contributed by atoms with E-state index in [1.807, 2.05) is 18.2 Å². The van der Waals surface area contributed by atoms with E-state index in [9.17, 15) is 0 Å². The third-order valence-corrected chi connectivity index (χ3v) is 4.15. The first kappa shape index (κ1) is 12.1. The van der Waals surface area contributed by atoms with Gasteiger partial charge >= 0.3 is 0 Å². The van der Waals surface area contributed by atoms with Gasteiger partial charge in [-0.05, 0) is 24.5 Å². The third kappa shape index (κ3) is 2.65. The molecule has 2 rings (SSSR count). The molecule has 1 aliphatic rings. The highest BCUT2D eigenvalue weighted by atomic mass is 79.9. The Labute approximate surface area is 105 Å². The van der Waals surface area contributed by atoms with Gasteiger partial charge in [0.05, 0.1) is 12.2 Å². The lowest BCUT2D eigenvalue weighted by Gasteiger charge is -2.27. The monoisotopic (exact) mass is 283 g/mol. The fourth-order valence-corrected chi connectivity index (χ4v) is 2.67. The number of benzene rings is 1. The van der Waals surface area contributed by atoms with Crippen LogP contribution in [0.5, 0.6) is 0 Å². The van der Waals surface area contributed by atoms with Crippen LogP contribution in [-0.2, 0) is 11.3 Å². The Morgan fingerprint density at radius 3 is 2.56 bits per heavy atom. The maximum atomic E-state index is 6.05. The predicted molar refractivity (Wildman–Crippen MR) is 69.2 cm³/mol. The molecule has 1 saturated carbocycles. The molecule has 0 unspecified atom stereocenters. The molecule has 0 amide bonds. The van der Waals surface area contributed by atoms with E-state index < -0.39 is 0 Å². The van der Waals surface area contributed by atoms with Crippen molar-refractivity contribution < 1.29 is 4.74 Å². The average Bonchev–Trinajstić information content (AvgIpc) is 2.78. The van der Waals surface area contributed by atoms with Crippen molar-refractivity contribution in [2.45, 2.75) is 37.9 Å². The number of rotatable bonds is 4. The summed E-state index contributed by atoms with van der Waals surface area (Å²) in [6, 6.07) is 8.18. The smallest absolute Gasteiger partial charge is 0.0808 e. The molecule has 0 aliphatic heterocycles. The molecule has 3 heteroatoms. The van der Waals surface area contributed by atoms with E-state index in [2.05, 4.69) is 22.0 Å². The second kappa shape index (κ2) is 5.30. The van der Waals surface area contributed by atoms with E-state index in [0.717, 1.165) is 17.3 Å². The highest BCUT2D eigenvalue weighted by Crippen LogP contribution is 2.33. The van der Waals surface area contributed by atoms with Crippen molar-refractivity contribution in [3.05, 3.63) is 34.3 Å². The van der Waals surface area contributed by atoms with Crippen LogP contribution in [0.2, 0.25) is 0 Å². The largest absolute Gasteiger partial charge is 0.369 e. The Morgan fingerprint density at radius 2 is 1.94 bits per heavy atom. The van der Waals surface area contributed by atoms with Crippen molar-refractivity contribution in [1.29, 1.82) is 0 Å². The van der Waals surface area contributed by atoms with Crippen molar-refractivity contribution >= 4 is 15.9 Å². The molecule has 1 aliphatic carbocycles. The van der Waals surface area contributed by atoms with E-state index >= 15 is 0 Å². The summed E-state index contributed by atoms with van der Waals surface area (Å²) < 4.78 is 7.16. The summed E-state index contributed by atoms with van der Waals surface area (Å²) in [6.07, 6.45) is 4.70. The molecular formula is C13H18BrNO. The summed E-state index contributed by atoms with van der Waals surface area (Å²) in [5.74, 6) is 0. The SMILES string of the molecule is NCC1(OCc2ccccc2Br)CCCC1. The molecule has 1 aromatic carbocycles. The van der Waals surface area contributed by atoms with Crippen LogP contribution in [0.25, 0.3) is 0 Å². The van der Waals surface area contributed by atoms with Crippen LogP contribution in [0.1, 0.15) is 31.2 Å². The number of ether oxygens (including phenoxy) is 1. The summed E-state index contributed by atoms with van der Waals surface area (Å²) in [5, 5.41) is 0. The first-order valence-corrected chi connectivity index (χ1v) is 6.62. The Hall–Kier alpha value is -0.380. The highest BCUT2D eigenvalue weighted by Gasteiger charge is 2.33. The Balaban J connectivity index is 1.98. The van der Waals surface area contributed by atoms with Gasteiger partial charge in [-0.15, -0.1) is 0 Å². The Kier molecular flexibility index (Phi) is 4.00. The minimum absolute atomic E-state index is 0.0602. The minimum Gasteiger partial charge on any atom is -0.369 e. The zero-order valence-corrected chi connectivity index (χ0v) is 11.0. The lowest BCUT2D eigenvalue weighted by Crippen LogP contribution is -2.37. The molecule has 88 valence electrons. The third-order valence-electron chi connectivity index (χ3n) is 3.38. The zero-order valence-electron chi connectivity index (χ0n) is 9.42. The van der Waals surface area contributed by atoms with E-state index in [4.69, 9.17) is 10.5 Å². The van der Waals surface area contributed by atoms with Gasteiger partial charge in [-0.1, -0.05) is 47.0 Å². The average molecular weight is 284 g/mol. The van der Waals surface area contributed by atoms with Crippen molar-refractivity contribution in [3.8, 4) is 0 Å². The Morgan fingerprint density at radius 1 is 1.25 bits per heavy atom. The quantitative estimate of drug-likeness (QED) is 0.921. The number of hydrogen-bond acceptors (Lipinski definition) is 2. The lowest BCUT2D eigenvalue weighted by atomic mass is 10.0. The molecule has 0 radical (unpaired) electrons. The second-order valence-electron chi connectivity index (χ2n) is 4.47. The number of hydrogen-bond donors (Lipinski definition) is 1. The summed E-state index contributed by atoms with van der Waals surface area (Å²) >= 11 is 3.53. The van der Waals surface area contributed by atoms with E-state index in [-0.39, 0.29) is 5.60 Å². The topological polar surface area (TPSA) is 35.2 Å². The lowest BCUT2D eigenvalue weighted by molar-refractivity contribution is -0.0450. The zero-order chi connectivity index (χ0) is 11.4. The molecule has 0 saturated heterocycles. The first-order valence-electron chi connectivity index (χ1n) is 5.83. The van der Waals surface area contributed by atoms with Crippen molar-refractivity contribution in [1.82, 2.24) is 0 Å². The molecule has 0 spiro atoms. The summed E-state index contributed by atoms with van der Waals surface area (Å²) in [7, 11) is 0. The minimum atomic E-state index is -0.0602. The van der Waals surface area contributed by atoms with Gasteiger partial charge in [-0.3, -0.25) is 0 Å². The molecule has 16 heavy (non-hydrogen) atoms. The molecule has 2 nitrogen and oxygen atoms in total. The van der Waals surface area contributed by atoms with Crippen molar-refractivity contribution in [2.75, 3.05) is 6.54 Å². The first-order chi connectivity index (χ1) is 7.76. The normalized spacial score (nSPS) is 18.9. The van der Waals surface area contributed by atoms with Gasteiger partial charge in [0.2, 0.25) is 0 Å². The van der Waals surface area contributed by atoms with Crippen LogP contribution in [0.15, 0.2) is 28.7 Å². The van der Waals surface area contributed by atoms with Crippen LogP contribution < -0.4 is 5.73 Å². The molecule has 1 fully saturated rings. The maximum absolute atomic E-state index is 6.05. The van der Waals surface area contributed by atoms with Crippen molar-refractivity contribution in [2.24, 2.45) is 5.73 Å². The van der Waals surface area contributed by atoms with E-state index in [1.165, 1.54) is 18.4 Å². The Bertz CT molecular complexity index is 348. The summed E-state index contributed by atoms with van der Waals surface area (Å²) in [5.41, 5.74) is 6.97. The van der Waals surface area contributed by atoms with Crippen LogP contribution in [0.4, 0.5) is 0 Å². The maximum Gasteiger partial charge on any atom is 0.0808 e. The summed E-state index contributed by atoms with van der Waals surface area (Å²) in [6.45, 7) is 1.29. The van der Waals surface area contributed by atoms with Crippen LogP contribution in [0.3, 0.4) is 0 Å². The van der Waals surface area contributed by atoms with E-state index in [1.54, 1.807) is 0 Å². The highest BCUT2D eigenvalue weighted by molar-refractivity contribution is 9.10. The number of halogens is 1. The van der Waals surface area contributed by atoms with Gasteiger partial charge in [0.25, 0.3) is 0 Å². The molecule has 2 N–H and O–H groups in total. The van der Waals surface area contributed by atoms with Gasteiger partial charge in [0.1, 0.15) is 0 Å². The molecule has 0 aromatic heterocycles. The van der Waals surface area contributed by atoms with E-state index in [0.29, 0.717) is 13.2 Å². The standard InChI is InChI=1S/C13H18BrNO/c14-12-6-2-1-5-11(12)9-16-13(10-15)7-3-4-8-13/h1-2,5-6H,3-4,7-10,15H2. The fraction of sp³-hybridized carbons (Fsp3) is 0.538. The molecule has 0 bridgehead atoms. The summed E-state index contributed by atoms with van der Waals surface area (Å²) in [4.78, 5) is 0. The van der Waals surface area contributed by atoms with Crippen LogP contribution >= 0.6 is 15.9 Å². The van der Waals surface area contributed by atoms with Gasteiger partial charge in [-0.2, -0.15) is 0 Å². The molecule has 0 heterocycles. The van der Waals surface area contributed by atoms with Gasteiger partial charge in [0, 0.05) is 11.0 Å². The predicted octanol–water partition coefficient (Wildman–Crippen LogP) is 3.24. The van der Waals surface area contributed by atoms with Gasteiger partial charge in [-0.25, -0.2) is 0 Å². The van der Waals surface area contributed by atoms with Gasteiger partial charge in [0.15, 0.2) is 0 Å². The molecule has 1 aromatic rings.